The highest BCUT2D eigenvalue weighted by Gasteiger charge is 2.19. The van der Waals surface area contributed by atoms with Crippen LogP contribution in [0.3, 0.4) is 0 Å². The van der Waals surface area contributed by atoms with Crippen LogP contribution < -0.4 is 0 Å². The molecule has 182 valence electrons. The zero-order valence-corrected chi connectivity index (χ0v) is 21.5. The van der Waals surface area contributed by atoms with Gasteiger partial charge in [0.25, 0.3) is 0 Å². The lowest BCUT2D eigenvalue weighted by Crippen LogP contribution is -1.91. The summed E-state index contributed by atoms with van der Waals surface area (Å²) in [5.41, 5.74) is 5.53. The topological polar surface area (TPSA) is 0 Å². The van der Waals surface area contributed by atoms with E-state index in [0.29, 0.717) is 15.0 Å². The Hall–Kier alpha value is -4.72. The summed E-state index contributed by atoms with van der Waals surface area (Å²) in [5, 5.41) is 4.22. The van der Waals surface area contributed by atoms with Crippen LogP contribution in [0.5, 0.6) is 0 Å². The smallest absolute Gasteiger partial charge is 0.0638 e. The molecule has 0 atom stereocenters. The van der Waals surface area contributed by atoms with Crippen molar-refractivity contribution < 1.29 is 9.60 Å². The highest BCUT2D eigenvalue weighted by Crippen LogP contribution is 2.47. The molecule has 0 aliphatic carbocycles. The molecule has 0 bridgehead atoms. The Kier molecular flexibility index (Phi) is 3.73. The monoisotopic (exact) mass is 519 g/mol. The molecule has 0 N–H and O–H groups in total. The van der Waals surface area contributed by atoms with Crippen molar-refractivity contribution in [1.29, 1.82) is 0 Å². The van der Waals surface area contributed by atoms with Crippen LogP contribution in [-0.2, 0) is 0 Å². The first kappa shape index (κ1) is 16.3. The van der Waals surface area contributed by atoms with Gasteiger partial charge in [0.05, 0.1) is 9.60 Å². The molecule has 0 radical (unpaired) electrons. The number of thiophene rings is 1. The minimum Gasteiger partial charge on any atom is -0.135 e. The van der Waals surface area contributed by atoms with Crippen LogP contribution in [0.2, 0.25) is 0 Å². The molecular weight excluding hydrogens is 488 g/mol. The lowest BCUT2D eigenvalue weighted by molar-refractivity contribution is 1.61. The van der Waals surface area contributed by atoms with Gasteiger partial charge in [0, 0.05) is 25.7 Å². The SMILES string of the molecule is [2H]c1c([2H])c([2H])c2c(sc3c(-c4c5ccccc5c(-c5cccc(-c6ccccc6)c5)c5ccccc45)c([2H])c([2H])c([2H])c32)c1[2H]. The molecule has 0 aliphatic rings. The summed E-state index contributed by atoms with van der Waals surface area (Å²) in [5.74, 6) is 0. The molecule has 7 aromatic carbocycles. The Morgan fingerprint density at radius 2 is 1.03 bits per heavy atom. The van der Waals surface area contributed by atoms with E-state index in [2.05, 4.69) is 48.5 Å². The summed E-state index contributed by atoms with van der Waals surface area (Å²) in [7, 11) is 0. The molecule has 0 fully saturated rings. The van der Waals surface area contributed by atoms with Crippen molar-refractivity contribution in [1.82, 2.24) is 0 Å². The van der Waals surface area contributed by atoms with E-state index >= 15 is 0 Å². The van der Waals surface area contributed by atoms with Crippen LogP contribution in [0.15, 0.2) is 145 Å². The van der Waals surface area contributed by atoms with Gasteiger partial charge in [-0.1, -0.05) is 133 Å². The lowest BCUT2D eigenvalue weighted by Gasteiger charge is -2.18. The van der Waals surface area contributed by atoms with Crippen molar-refractivity contribution in [3.63, 3.8) is 0 Å². The van der Waals surface area contributed by atoms with E-state index in [9.17, 15) is 1.37 Å². The molecule has 1 aromatic heterocycles. The van der Waals surface area contributed by atoms with Gasteiger partial charge in [-0.2, -0.15) is 0 Å². The van der Waals surface area contributed by atoms with Crippen LogP contribution in [0.25, 0.3) is 75.1 Å². The normalized spacial score (nSPS) is 14.1. The van der Waals surface area contributed by atoms with Gasteiger partial charge >= 0.3 is 0 Å². The summed E-state index contributed by atoms with van der Waals surface area (Å²) < 4.78 is 61.8. The fourth-order valence-corrected chi connectivity index (χ4v) is 6.77. The van der Waals surface area contributed by atoms with Gasteiger partial charge in [-0.05, 0) is 61.5 Å². The third kappa shape index (κ3) is 3.51. The molecule has 0 saturated carbocycles. The lowest BCUT2D eigenvalue weighted by atomic mass is 9.85. The molecule has 0 aliphatic heterocycles. The zero-order chi connectivity index (χ0) is 31.9. The van der Waals surface area contributed by atoms with Gasteiger partial charge in [0.15, 0.2) is 0 Å². The first-order valence-electron chi connectivity index (χ1n) is 16.3. The summed E-state index contributed by atoms with van der Waals surface area (Å²) >= 11 is 1.17. The summed E-state index contributed by atoms with van der Waals surface area (Å²) in [6, 6.07) is 33.1. The molecule has 1 heteroatoms. The number of hydrogen-bond donors (Lipinski definition) is 0. The molecule has 0 unspecified atom stereocenters. The molecule has 0 spiro atoms. The second-order valence-corrected chi connectivity index (χ2v) is 10.6. The van der Waals surface area contributed by atoms with Gasteiger partial charge in [0.1, 0.15) is 0 Å². The minimum atomic E-state index is -0.377. The Bertz CT molecular complexity index is 2500. The van der Waals surface area contributed by atoms with Crippen LogP contribution in [0, 0.1) is 0 Å². The number of fused-ring (bicyclic) bond motifs is 5. The summed E-state index contributed by atoms with van der Waals surface area (Å²) in [4.78, 5) is 0. The molecule has 1 heterocycles. The number of hydrogen-bond acceptors (Lipinski definition) is 1. The van der Waals surface area contributed by atoms with Gasteiger partial charge in [0.2, 0.25) is 0 Å². The Labute approximate surface area is 241 Å². The molecule has 0 nitrogen and oxygen atoms in total. The van der Waals surface area contributed by atoms with E-state index in [0.717, 1.165) is 49.4 Å². The van der Waals surface area contributed by atoms with E-state index in [4.69, 9.17) is 8.22 Å². The second-order valence-electron chi connectivity index (χ2n) is 9.55. The Morgan fingerprint density at radius 1 is 0.436 bits per heavy atom. The van der Waals surface area contributed by atoms with E-state index in [1.54, 1.807) is 0 Å². The minimum absolute atomic E-state index is 0.103. The number of benzene rings is 7. The van der Waals surface area contributed by atoms with Crippen molar-refractivity contribution in [3.05, 3.63) is 145 Å². The van der Waals surface area contributed by atoms with Crippen molar-refractivity contribution in [2.45, 2.75) is 0 Å². The zero-order valence-electron chi connectivity index (χ0n) is 27.7. The second kappa shape index (κ2) is 8.94. The third-order valence-electron chi connectivity index (χ3n) is 7.38. The van der Waals surface area contributed by atoms with Crippen molar-refractivity contribution >= 4 is 53.1 Å². The fourth-order valence-electron chi connectivity index (χ4n) is 5.70. The van der Waals surface area contributed by atoms with Gasteiger partial charge in [-0.3, -0.25) is 0 Å². The first-order chi connectivity index (χ1) is 22.3. The Balaban J connectivity index is 1.54. The molecule has 39 heavy (non-hydrogen) atoms. The summed E-state index contributed by atoms with van der Waals surface area (Å²) in [6.45, 7) is 0. The van der Waals surface area contributed by atoms with Gasteiger partial charge in [-0.25, -0.2) is 0 Å². The third-order valence-corrected chi connectivity index (χ3v) is 8.50. The maximum absolute atomic E-state index is 9.24. The van der Waals surface area contributed by atoms with E-state index in [1.165, 1.54) is 11.3 Å². The van der Waals surface area contributed by atoms with Gasteiger partial charge in [-0.15, -0.1) is 11.3 Å². The summed E-state index contributed by atoms with van der Waals surface area (Å²) in [6.07, 6.45) is 0. The molecular formula is C38H24S. The predicted octanol–water partition coefficient (Wildman–Crippen LogP) is 11.4. The highest BCUT2D eigenvalue weighted by atomic mass is 32.1. The maximum atomic E-state index is 9.24. The van der Waals surface area contributed by atoms with Crippen molar-refractivity contribution in [2.24, 2.45) is 0 Å². The highest BCUT2D eigenvalue weighted by molar-refractivity contribution is 7.26. The average Bonchev–Trinajstić information content (AvgIpc) is 3.50. The largest absolute Gasteiger partial charge is 0.135 e. The predicted molar refractivity (Wildman–Crippen MR) is 171 cm³/mol. The fraction of sp³-hybridized carbons (Fsp3) is 0. The number of rotatable bonds is 3. The molecule has 8 rings (SSSR count). The van der Waals surface area contributed by atoms with Crippen LogP contribution >= 0.6 is 11.3 Å². The standard InChI is InChI=1S/C38H24S/c1-2-12-25(13-3-1)26-14-10-15-27(24-26)36-29-17-4-6-19-31(29)37(32-20-7-5-18-30(32)36)34-22-11-21-33-28-16-8-9-23-35(28)39-38(33)34/h1-24H/i8D,9D,11D,16D,21D,22D,23D. The van der Waals surface area contributed by atoms with Gasteiger partial charge < -0.3 is 0 Å². The average molecular weight is 520 g/mol. The quantitative estimate of drug-likeness (QED) is 0.204. The maximum Gasteiger partial charge on any atom is 0.0638 e. The van der Waals surface area contributed by atoms with Crippen LogP contribution in [0.1, 0.15) is 9.60 Å². The first-order valence-corrected chi connectivity index (χ1v) is 13.6. The van der Waals surface area contributed by atoms with Crippen LogP contribution in [-0.4, -0.2) is 0 Å². The van der Waals surface area contributed by atoms with Crippen LogP contribution in [0.4, 0.5) is 0 Å². The molecule has 0 amide bonds. The van der Waals surface area contributed by atoms with E-state index in [1.807, 2.05) is 54.6 Å². The molecule has 0 saturated heterocycles. The van der Waals surface area contributed by atoms with Crippen molar-refractivity contribution in [2.75, 3.05) is 0 Å². The Morgan fingerprint density at radius 3 is 1.77 bits per heavy atom. The van der Waals surface area contributed by atoms with Crippen molar-refractivity contribution in [3.8, 4) is 33.4 Å². The van der Waals surface area contributed by atoms with E-state index < -0.39 is 0 Å². The van der Waals surface area contributed by atoms with E-state index in [-0.39, 0.29) is 53.1 Å². The molecule has 8 aromatic rings.